The average molecular weight is 270 g/mol. The largest absolute Gasteiger partial charge is 0.396 e. The van der Waals surface area contributed by atoms with E-state index in [1.54, 1.807) is 0 Å². The summed E-state index contributed by atoms with van der Waals surface area (Å²) in [7, 11) is 0. The SMILES string of the molecule is CC(C)(CCO)CNc1ncnc(NN)c1[N+](=O)[O-]. The summed E-state index contributed by atoms with van der Waals surface area (Å²) in [6.07, 6.45) is 1.75. The van der Waals surface area contributed by atoms with Gasteiger partial charge in [0.2, 0.25) is 11.6 Å². The Morgan fingerprint density at radius 3 is 2.63 bits per heavy atom. The normalized spacial score (nSPS) is 11.2. The minimum absolute atomic E-state index is 0.0517. The highest BCUT2D eigenvalue weighted by Gasteiger charge is 2.24. The van der Waals surface area contributed by atoms with Crippen LogP contribution in [-0.4, -0.2) is 33.1 Å². The molecule has 0 radical (unpaired) electrons. The van der Waals surface area contributed by atoms with E-state index in [1.165, 1.54) is 6.33 Å². The third-order valence-electron chi connectivity index (χ3n) is 2.66. The Labute approximate surface area is 110 Å². The number of anilines is 2. The number of aliphatic hydroxyl groups is 1. The van der Waals surface area contributed by atoms with E-state index in [9.17, 15) is 10.1 Å². The number of nitro groups is 1. The Bertz CT molecular complexity index is 451. The van der Waals surface area contributed by atoms with E-state index < -0.39 is 4.92 Å². The van der Waals surface area contributed by atoms with Crippen molar-refractivity contribution in [2.75, 3.05) is 23.9 Å². The van der Waals surface area contributed by atoms with Crippen LogP contribution in [0, 0.1) is 15.5 Å². The van der Waals surface area contributed by atoms with Gasteiger partial charge in [-0.1, -0.05) is 13.8 Å². The molecule has 19 heavy (non-hydrogen) atoms. The van der Waals surface area contributed by atoms with E-state index >= 15 is 0 Å². The molecule has 0 aliphatic rings. The molecular weight excluding hydrogens is 252 g/mol. The van der Waals surface area contributed by atoms with Gasteiger partial charge in [0.05, 0.1) is 4.92 Å². The number of nitrogen functional groups attached to an aromatic ring is 1. The van der Waals surface area contributed by atoms with Gasteiger partial charge < -0.3 is 15.8 Å². The fourth-order valence-corrected chi connectivity index (χ4v) is 1.50. The number of hydrogen-bond donors (Lipinski definition) is 4. The summed E-state index contributed by atoms with van der Waals surface area (Å²) >= 11 is 0. The number of hydrogen-bond acceptors (Lipinski definition) is 8. The topological polar surface area (TPSA) is 139 Å². The smallest absolute Gasteiger partial charge is 0.354 e. The predicted octanol–water partition coefficient (Wildman–Crippen LogP) is 0.491. The van der Waals surface area contributed by atoms with E-state index in [0.29, 0.717) is 13.0 Å². The third kappa shape index (κ3) is 4.00. The van der Waals surface area contributed by atoms with Gasteiger partial charge in [0, 0.05) is 13.2 Å². The van der Waals surface area contributed by atoms with Crippen molar-refractivity contribution in [1.29, 1.82) is 0 Å². The highest BCUT2D eigenvalue weighted by Crippen LogP contribution is 2.29. The van der Waals surface area contributed by atoms with Gasteiger partial charge in [-0.2, -0.15) is 0 Å². The molecule has 0 atom stereocenters. The molecule has 106 valence electrons. The van der Waals surface area contributed by atoms with Gasteiger partial charge in [0.25, 0.3) is 0 Å². The zero-order chi connectivity index (χ0) is 14.5. The van der Waals surface area contributed by atoms with Crippen molar-refractivity contribution in [2.24, 2.45) is 11.3 Å². The van der Waals surface area contributed by atoms with Crippen molar-refractivity contribution in [3.05, 3.63) is 16.4 Å². The molecule has 9 heteroatoms. The molecule has 0 saturated heterocycles. The zero-order valence-electron chi connectivity index (χ0n) is 10.9. The van der Waals surface area contributed by atoms with Crippen LogP contribution in [0.15, 0.2) is 6.33 Å². The number of nitrogens with two attached hydrogens (primary N) is 1. The Morgan fingerprint density at radius 2 is 2.11 bits per heavy atom. The monoisotopic (exact) mass is 270 g/mol. The second kappa shape index (κ2) is 6.25. The minimum atomic E-state index is -0.601. The molecule has 1 aromatic rings. The summed E-state index contributed by atoms with van der Waals surface area (Å²) in [5, 5.41) is 22.8. The highest BCUT2D eigenvalue weighted by atomic mass is 16.6. The van der Waals surface area contributed by atoms with Gasteiger partial charge in [0.15, 0.2) is 0 Å². The fraction of sp³-hybridized carbons (Fsp3) is 0.600. The lowest BCUT2D eigenvalue weighted by Crippen LogP contribution is -2.25. The van der Waals surface area contributed by atoms with Gasteiger partial charge in [-0.05, 0) is 11.8 Å². The van der Waals surface area contributed by atoms with E-state index in [4.69, 9.17) is 10.9 Å². The van der Waals surface area contributed by atoms with Crippen LogP contribution >= 0.6 is 0 Å². The van der Waals surface area contributed by atoms with Crippen LogP contribution < -0.4 is 16.6 Å². The summed E-state index contributed by atoms with van der Waals surface area (Å²) < 4.78 is 0. The first-order valence-electron chi connectivity index (χ1n) is 5.72. The maximum atomic E-state index is 11.0. The molecule has 0 spiro atoms. The molecule has 0 amide bonds. The molecule has 0 aliphatic carbocycles. The first-order chi connectivity index (χ1) is 8.91. The summed E-state index contributed by atoms with van der Waals surface area (Å²) in [5.41, 5.74) is 1.65. The zero-order valence-corrected chi connectivity index (χ0v) is 10.9. The van der Waals surface area contributed by atoms with Gasteiger partial charge in [0.1, 0.15) is 6.33 Å². The lowest BCUT2D eigenvalue weighted by Gasteiger charge is -2.24. The number of aliphatic hydroxyl groups excluding tert-OH is 1. The average Bonchev–Trinajstić information content (AvgIpc) is 2.35. The molecule has 1 aromatic heterocycles. The highest BCUT2D eigenvalue weighted by molar-refractivity contribution is 5.68. The van der Waals surface area contributed by atoms with Crippen molar-refractivity contribution in [1.82, 2.24) is 9.97 Å². The Balaban J connectivity index is 2.92. The van der Waals surface area contributed by atoms with E-state index in [0.717, 1.165) is 0 Å². The van der Waals surface area contributed by atoms with E-state index in [2.05, 4.69) is 20.7 Å². The number of hydrazine groups is 1. The molecule has 0 unspecified atom stereocenters. The molecule has 0 fully saturated rings. The molecule has 0 aromatic carbocycles. The minimum Gasteiger partial charge on any atom is -0.396 e. The second-order valence-electron chi connectivity index (χ2n) is 4.81. The lowest BCUT2D eigenvalue weighted by atomic mass is 9.90. The summed E-state index contributed by atoms with van der Waals surface area (Å²) in [6, 6.07) is 0. The lowest BCUT2D eigenvalue weighted by molar-refractivity contribution is -0.383. The van der Waals surface area contributed by atoms with Crippen LogP contribution in [0.3, 0.4) is 0 Å². The number of rotatable bonds is 7. The second-order valence-corrected chi connectivity index (χ2v) is 4.81. The Hall–Kier alpha value is -2.00. The van der Waals surface area contributed by atoms with E-state index in [1.807, 2.05) is 13.8 Å². The maximum Gasteiger partial charge on any atom is 0.354 e. The Morgan fingerprint density at radius 1 is 1.47 bits per heavy atom. The molecule has 0 saturated carbocycles. The van der Waals surface area contributed by atoms with Crippen LogP contribution in [0.1, 0.15) is 20.3 Å². The molecular formula is C10H18N6O3. The molecule has 5 N–H and O–H groups in total. The predicted molar refractivity (Wildman–Crippen MR) is 70.5 cm³/mol. The Kier molecular flexibility index (Phi) is 4.95. The van der Waals surface area contributed by atoms with Crippen LogP contribution in [0.2, 0.25) is 0 Å². The molecule has 1 heterocycles. The number of nitrogens with zero attached hydrogens (tertiary/aromatic N) is 3. The molecule has 0 bridgehead atoms. The summed E-state index contributed by atoms with van der Waals surface area (Å²) in [5.74, 6) is 5.22. The van der Waals surface area contributed by atoms with Crippen molar-refractivity contribution < 1.29 is 10.0 Å². The first-order valence-corrected chi connectivity index (χ1v) is 5.72. The quantitative estimate of drug-likeness (QED) is 0.319. The van der Waals surface area contributed by atoms with Gasteiger partial charge >= 0.3 is 5.69 Å². The third-order valence-corrected chi connectivity index (χ3v) is 2.66. The van der Waals surface area contributed by atoms with Gasteiger partial charge in [-0.3, -0.25) is 10.1 Å². The summed E-state index contributed by atoms with van der Waals surface area (Å²) in [4.78, 5) is 17.9. The number of nitrogens with one attached hydrogen (secondary N) is 2. The van der Waals surface area contributed by atoms with Gasteiger partial charge in [-0.25, -0.2) is 15.8 Å². The van der Waals surface area contributed by atoms with Crippen molar-refractivity contribution in [3.8, 4) is 0 Å². The van der Waals surface area contributed by atoms with Crippen LogP contribution in [0.4, 0.5) is 17.3 Å². The van der Waals surface area contributed by atoms with Crippen LogP contribution in [0.5, 0.6) is 0 Å². The number of aromatic nitrogens is 2. The van der Waals surface area contributed by atoms with Crippen molar-refractivity contribution in [3.63, 3.8) is 0 Å². The van der Waals surface area contributed by atoms with Crippen LogP contribution in [-0.2, 0) is 0 Å². The van der Waals surface area contributed by atoms with Crippen molar-refractivity contribution in [2.45, 2.75) is 20.3 Å². The maximum absolute atomic E-state index is 11.0. The standard InChI is InChI=1S/C10H18N6O3/c1-10(2,3-4-17)5-12-8-7(16(18)19)9(15-11)14-6-13-8/h6,17H,3-5,11H2,1-2H3,(H2,12,13,14,15). The van der Waals surface area contributed by atoms with Crippen LogP contribution in [0.25, 0.3) is 0 Å². The van der Waals surface area contributed by atoms with Gasteiger partial charge in [-0.15, -0.1) is 0 Å². The molecule has 1 rings (SSSR count). The van der Waals surface area contributed by atoms with E-state index in [-0.39, 0.29) is 29.3 Å². The molecule has 9 nitrogen and oxygen atoms in total. The summed E-state index contributed by atoms with van der Waals surface area (Å²) in [6.45, 7) is 4.35. The molecule has 0 aliphatic heterocycles. The van der Waals surface area contributed by atoms with Crippen molar-refractivity contribution >= 4 is 17.3 Å². The fourth-order valence-electron chi connectivity index (χ4n) is 1.50. The first kappa shape index (κ1) is 15.1.